The van der Waals surface area contributed by atoms with Gasteiger partial charge in [-0.25, -0.2) is 0 Å². The first kappa shape index (κ1) is 15.3. The molecule has 0 fully saturated rings. The number of amides is 1. The lowest BCUT2D eigenvalue weighted by Gasteiger charge is -2.01. The van der Waals surface area contributed by atoms with Crippen molar-refractivity contribution in [3.8, 4) is 17.1 Å². The number of aromatic nitrogens is 1. The van der Waals surface area contributed by atoms with Gasteiger partial charge >= 0.3 is 0 Å². The summed E-state index contributed by atoms with van der Waals surface area (Å²) in [5, 5.41) is 8.81. The highest BCUT2D eigenvalue weighted by atomic mass is 32.1. The second kappa shape index (κ2) is 7.11. The van der Waals surface area contributed by atoms with Crippen molar-refractivity contribution in [2.45, 2.75) is 13.0 Å². The van der Waals surface area contributed by atoms with Gasteiger partial charge in [0.05, 0.1) is 25.8 Å². The van der Waals surface area contributed by atoms with E-state index >= 15 is 0 Å². The van der Waals surface area contributed by atoms with Crippen molar-refractivity contribution >= 4 is 17.2 Å². The van der Waals surface area contributed by atoms with Gasteiger partial charge in [-0.15, -0.1) is 11.3 Å². The fourth-order valence-corrected chi connectivity index (χ4v) is 2.76. The largest absolute Gasteiger partial charge is 0.497 e. The van der Waals surface area contributed by atoms with Gasteiger partial charge in [-0.1, -0.05) is 11.2 Å². The molecule has 1 amide bonds. The number of hydrogen-bond donors (Lipinski definition) is 1. The molecule has 1 N–H and O–H groups in total. The van der Waals surface area contributed by atoms with Crippen LogP contribution in [0.1, 0.15) is 10.6 Å². The number of rotatable bonds is 6. The summed E-state index contributed by atoms with van der Waals surface area (Å²) in [4.78, 5) is 13.1. The van der Waals surface area contributed by atoms with Gasteiger partial charge in [-0.05, 0) is 35.7 Å². The predicted molar refractivity (Wildman–Crippen MR) is 88.4 cm³/mol. The molecule has 0 unspecified atom stereocenters. The summed E-state index contributed by atoms with van der Waals surface area (Å²) in [6.45, 7) is 0.541. The highest BCUT2D eigenvalue weighted by Gasteiger charge is 2.11. The van der Waals surface area contributed by atoms with Crippen LogP contribution in [0.5, 0.6) is 5.75 Å². The van der Waals surface area contributed by atoms with Crippen molar-refractivity contribution in [1.82, 2.24) is 10.5 Å². The maximum Gasteiger partial charge on any atom is 0.226 e. The van der Waals surface area contributed by atoms with Crippen molar-refractivity contribution in [1.29, 1.82) is 0 Å². The van der Waals surface area contributed by atoms with Crippen LogP contribution >= 0.6 is 11.3 Å². The van der Waals surface area contributed by atoms with Gasteiger partial charge in [-0.3, -0.25) is 4.79 Å². The first-order valence-corrected chi connectivity index (χ1v) is 8.01. The molecule has 2 aromatic heterocycles. The van der Waals surface area contributed by atoms with Crippen LogP contribution in [-0.2, 0) is 17.8 Å². The Morgan fingerprint density at radius 1 is 1.30 bits per heavy atom. The second-order valence-corrected chi connectivity index (χ2v) is 5.98. The summed E-state index contributed by atoms with van der Waals surface area (Å²) < 4.78 is 10.4. The quantitative estimate of drug-likeness (QED) is 0.754. The summed E-state index contributed by atoms with van der Waals surface area (Å²) in [5.41, 5.74) is 1.50. The summed E-state index contributed by atoms with van der Waals surface area (Å²) in [5.74, 6) is 1.34. The maximum atomic E-state index is 11.9. The molecule has 5 nitrogen and oxygen atoms in total. The van der Waals surface area contributed by atoms with E-state index in [4.69, 9.17) is 9.26 Å². The zero-order valence-electron chi connectivity index (χ0n) is 12.6. The molecule has 118 valence electrons. The Balaban J connectivity index is 1.58. The normalized spacial score (nSPS) is 10.5. The third kappa shape index (κ3) is 3.98. The van der Waals surface area contributed by atoms with Crippen LogP contribution in [0.25, 0.3) is 11.3 Å². The van der Waals surface area contributed by atoms with Gasteiger partial charge in [-0.2, -0.15) is 0 Å². The third-order valence-corrected chi connectivity index (χ3v) is 4.19. The number of nitrogens with zero attached hydrogens (tertiary/aromatic N) is 1. The SMILES string of the molecule is COc1ccc(-c2cc(CC(=O)NCc3cccs3)no2)cc1. The molecular weight excluding hydrogens is 312 g/mol. The zero-order valence-corrected chi connectivity index (χ0v) is 13.4. The Labute approximate surface area is 137 Å². The lowest BCUT2D eigenvalue weighted by Crippen LogP contribution is -2.24. The van der Waals surface area contributed by atoms with Gasteiger partial charge in [0.1, 0.15) is 5.75 Å². The van der Waals surface area contributed by atoms with E-state index in [0.29, 0.717) is 18.0 Å². The first-order valence-electron chi connectivity index (χ1n) is 7.13. The van der Waals surface area contributed by atoms with E-state index < -0.39 is 0 Å². The van der Waals surface area contributed by atoms with Crippen LogP contribution < -0.4 is 10.1 Å². The Kier molecular flexibility index (Phi) is 4.73. The number of ether oxygens (including phenoxy) is 1. The first-order chi connectivity index (χ1) is 11.2. The summed E-state index contributed by atoms with van der Waals surface area (Å²) in [7, 11) is 1.62. The molecular formula is C17H16N2O3S. The van der Waals surface area contributed by atoms with E-state index in [1.165, 1.54) is 0 Å². The van der Waals surface area contributed by atoms with Crippen molar-refractivity contribution in [2.75, 3.05) is 7.11 Å². The number of thiophene rings is 1. The number of nitrogens with one attached hydrogen (secondary N) is 1. The van der Waals surface area contributed by atoms with E-state index in [0.717, 1.165) is 16.2 Å². The van der Waals surface area contributed by atoms with Gasteiger partial charge in [0.2, 0.25) is 5.91 Å². The molecule has 6 heteroatoms. The van der Waals surface area contributed by atoms with E-state index in [9.17, 15) is 4.79 Å². The van der Waals surface area contributed by atoms with Crippen molar-refractivity contribution in [2.24, 2.45) is 0 Å². The van der Waals surface area contributed by atoms with Crippen LogP contribution in [0.2, 0.25) is 0 Å². The summed E-state index contributed by atoms with van der Waals surface area (Å²) in [6.07, 6.45) is 0.199. The molecule has 0 spiro atoms. The van der Waals surface area contributed by atoms with Crippen LogP contribution in [0, 0.1) is 0 Å². The highest BCUT2D eigenvalue weighted by molar-refractivity contribution is 7.09. The zero-order chi connectivity index (χ0) is 16.1. The number of carbonyl (C=O) groups is 1. The molecule has 1 aromatic carbocycles. The number of carbonyl (C=O) groups excluding carboxylic acids is 1. The minimum Gasteiger partial charge on any atom is -0.497 e. The van der Waals surface area contributed by atoms with Gasteiger partial charge in [0.25, 0.3) is 0 Å². The average Bonchev–Trinajstić information content (AvgIpc) is 3.25. The standard InChI is InChI=1S/C17H16N2O3S/c1-21-14-6-4-12(5-7-14)16-9-13(19-22-16)10-17(20)18-11-15-3-2-8-23-15/h2-9H,10-11H2,1H3,(H,18,20). The van der Waals surface area contributed by atoms with Crippen molar-refractivity contribution in [3.63, 3.8) is 0 Å². The molecule has 0 bridgehead atoms. The molecule has 0 saturated carbocycles. The van der Waals surface area contributed by atoms with Crippen molar-refractivity contribution < 1.29 is 14.1 Å². The summed E-state index contributed by atoms with van der Waals surface area (Å²) >= 11 is 1.62. The van der Waals surface area contributed by atoms with Crippen LogP contribution in [0.3, 0.4) is 0 Å². The molecule has 3 aromatic rings. The summed E-state index contributed by atoms with van der Waals surface area (Å²) in [6, 6.07) is 13.2. The van der Waals surface area contributed by atoms with Crippen LogP contribution in [-0.4, -0.2) is 18.2 Å². The molecule has 23 heavy (non-hydrogen) atoms. The number of hydrogen-bond acceptors (Lipinski definition) is 5. The maximum absolute atomic E-state index is 11.9. The molecule has 0 aliphatic rings. The van der Waals surface area contributed by atoms with Crippen molar-refractivity contribution in [3.05, 3.63) is 58.4 Å². The number of benzene rings is 1. The van der Waals surface area contributed by atoms with Crippen LogP contribution in [0.4, 0.5) is 0 Å². The fraction of sp³-hybridized carbons (Fsp3) is 0.176. The Bertz CT molecular complexity index is 764. The van der Waals surface area contributed by atoms with E-state index in [1.54, 1.807) is 24.5 Å². The fourth-order valence-electron chi connectivity index (χ4n) is 2.11. The van der Waals surface area contributed by atoms with Gasteiger partial charge in [0, 0.05) is 16.5 Å². The highest BCUT2D eigenvalue weighted by Crippen LogP contribution is 2.23. The molecule has 0 aliphatic carbocycles. The Morgan fingerprint density at radius 2 is 2.13 bits per heavy atom. The smallest absolute Gasteiger partial charge is 0.226 e. The number of methoxy groups -OCH3 is 1. The van der Waals surface area contributed by atoms with Gasteiger partial charge in [0.15, 0.2) is 5.76 Å². The molecule has 0 saturated heterocycles. The monoisotopic (exact) mass is 328 g/mol. The minimum atomic E-state index is -0.0759. The van der Waals surface area contributed by atoms with E-state index in [1.807, 2.05) is 41.8 Å². The minimum absolute atomic E-state index is 0.0759. The third-order valence-electron chi connectivity index (χ3n) is 3.32. The van der Waals surface area contributed by atoms with E-state index in [2.05, 4.69) is 10.5 Å². The topological polar surface area (TPSA) is 64.4 Å². The average molecular weight is 328 g/mol. The Morgan fingerprint density at radius 3 is 2.83 bits per heavy atom. The molecule has 0 atom stereocenters. The van der Waals surface area contributed by atoms with Crippen LogP contribution in [0.15, 0.2) is 52.4 Å². The Hall–Kier alpha value is -2.60. The predicted octanol–water partition coefficient (Wildman–Crippen LogP) is 3.27. The molecule has 0 radical (unpaired) electrons. The molecule has 0 aliphatic heterocycles. The lowest BCUT2D eigenvalue weighted by molar-refractivity contribution is -0.120. The molecule has 3 rings (SSSR count). The second-order valence-electron chi connectivity index (χ2n) is 4.94. The van der Waals surface area contributed by atoms with Gasteiger partial charge < -0.3 is 14.6 Å². The lowest BCUT2D eigenvalue weighted by atomic mass is 10.1. The molecule has 2 heterocycles. The van der Waals surface area contributed by atoms with E-state index in [-0.39, 0.29) is 12.3 Å².